The Morgan fingerprint density at radius 1 is 0.549 bits per heavy atom. The summed E-state index contributed by atoms with van der Waals surface area (Å²) in [5.74, 6) is 3.74. The predicted molar refractivity (Wildman–Crippen MR) is 299 cm³/mol. The summed E-state index contributed by atoms with van der Waals surface area (Å²) in [6.07, 6.45) is 11.1. The fourth-order valence-corrected chi connectivity index (χ4v) is 10.5. The standard InChI is InChI=1S/C29H43N3O2.C24H33N3O.C5H10O2.2ClH/c1-28(2)13-14-29(3,4)24-21-22(9-10-23(24)28)27-25(34-5)11-12-26(30-27)32-18-16-31(17-19-32)15-7-6-8-20-33;1-23(2)10-11-24(3,4)19-16-17(6-7-18(19)23)22-20(28-5)8-9-21(26-22)27-14-12-25-13-15-27;6-4-2-1-3-5-7;;/h9-12,21,33H,6-8,13-20H2,1-5H3;6-9,16,25H,10-15H2,1-5H3;4,7H,1-3,5H2;2*1H. The van der Waals surface area contributed by atoms with Crippen LogP contribution in [0.2, 0.25) is 0 Å². The van der Waals surface area contributed by atoms with Crippen molar-refractivity contribution in [2.24, 2.45) is 0 Å². The van der Waals surface area contributed by atoms with E-state index in [0.29, 0.717) is 13.0 Å². The SMILES string of the molecule is COc1ccc(N2CCN(CCCCCO)CC2)nc1-c1ccc2c(c1)C(C)(C)CCC2(C)C.COc1ccc(N2CCNCC2)nc1-c1ccc2c(c1)C(C)(C)CCC2(C)C.Cl.Cl.O=CCCCCO. The van der Waals surface area contributed by atoms with Gasteiger partial charge in [0.1, 0.15) is 40.8 Å². The maximum absolute atomic E-state index is 9.60. The molecule has 2 aliphatic heterocycles. The van der Waals surface area contributed by atoms with Gasteiger partial charge in [0, 0.05) is 83.1 Å². The first kappa shape index (κ1) is 59.6. The quantitative estimate of drug-likeness (QED) is 0.0779. The first-order valence-electron chi connectivity index (χ1n) is 26.0. The predicted octanol–water partition coefficient (Wildman–Crippen LogP) is 11.1. The number of piperazine rings is 2. The highest BCUT2D eigenvalue weighted by Gasteiger charge is 2.38. The fourth-order valence-electron chi connectivity index (χ4n) is 10.5. The summed E-state index contributed by atoms with van der Waals surface area (Å²) in [6.45, 7) is 28.7. The van der Waals surface area contributed by atoms with E-state index in [1.54, 1.807) is 14.2 Å². The lowest BCUT2D eigenvalue weighted by molar-refractivity contribution is -0.107. The molecule has 0 atom stereocenters. The summed E-state index contributed by atoms with van der Waals surface area (Å²) >= 11 is 0. The molecule has 0 bridgehead atoms. The molecule has 2 saturated heterocycles. The van der Waals surface area contributed by atoms with Crippen molar-refractivity contribution >= 4 is 42.7 Å². The Hall–Kier alpha value is -3.97. The molecule has 4 heterocycles. The molecule has 2 aliphatic carbocycles. The lowest BCUT2D eigenvalue weighted by Crippen LogP contribution is -2.46. The van der Waals surface area contributed by atoms with Gasteiger partial charge in [-0.2, -0.15) is 0 Å². The maximum atomic E-state index is 9.60. The van der Waals surface area contributed by atoms with Crippen molar-refractivity contribution in [2.75, 3.05) is 96.1 Å². The van der Waals surface area contributed by atoms with E-state index in [0.717, 1.165) is 143 Å². The minimum absolute atomic E-state index is 0. The summed E-state index contributed by atoms with van der Waals surface area (Å²) < 4.78 is 11.4. The molecule has 13 heteroatoms. The van der Waals surface area contributed by atoms with Crippen LogP contribution in [0.25, 0.3) is 22.5 Å². The third-order valence-electron chi connectivity index (χ3n) is 15.4. The lowest BCUT2D eigenvalue weighted by atomic mass is 9.63. The molecule has 4 aliphatic rings. The number of benzene rings is 2. The summed E-state index contributed by atoms with van der Waals surface area (Å²) in [4.78, 5) is 27.1. The minimum atomic E-state index is 0. The molecule has 11 nitrogen and oxygen atoms in total. The number of aliphatic hydroxyl groups is 2. The highest BCUT2D eigenvalue weighted by Crippen LogP contribution is 2.49. The lowest BCUT2D eigenvalue weighted by Gasteiger charge is -2.42. The number of unbranched alkanes of at least 4 members (excludes halogenated alkanes) is 4. The molecule has 2 aromatic heterocycles. The zero-order valence-electron chi connectivity index (χ0n) is 44.9. The maximum Gasteiger partial charge on any atom is 0.145 e. The number of hydrogen-bond donors (Lipinski definition) is 3. The van der Waals surface area contributed by atoms with E-state index in [4.69, 9.17) is 29.7 Å². The van der Waals surface area contributed by atoms with Crippen molar-refractivity contribution in [3.63, 3.8) is 0 Å². The topological polar surface area (TPSA) is 124 Å². The summed E-state index contributed by atoms with van der Waals surface area (Å²) in [6, 6.07) is 22.2. The molecule has 2 fully saturated rings. The number of aliphatic hydroxyl groups excluding tert-OH is 2. The van der Waals surface area contributed by atoms with E-state index in [2.05, 4.69) is 136 Å². The van der Waals surface area contributed by atoms with Crippen LogP contribution in [-0.4, -0.2) is 118 Å². The number of pyridine rings is 2. The van der Waals surface area contributed by atoms with Gasteiger partial charge in [0.05, 0.1) is 14.2 Å². The fraction of sp³-hybridized carbons (Fsp3) is 0.603. The van der Waals surface area contributed by atoms with Crippen LogP contribution in [-0.2, 0) is 26.5 Å². The van der Waals surface area contributed by atoms with Crippen LogP contribution in [0, 0.1) is 0 Å². The zero-order chi connectivity index (χ0) is 49.8. The molecule has 0 radical (unpaired) electrons. The van der Waals surface area contributed by atoms with Gasteiger partial charge in [-0.3, -0.25) is 4.90 Å². The monoisotopic (exact) mass is 1020 g/mol. The van der Waals surface area contributed by atoms with Crippen LogP contribution in [0.3, 0.4) is 0 Å². The molecule has 3 N–H and O–H groups in total. The van der Waals surface area contributed by atoms with Crippen LogP contribution in [0.4, 0.5) is 11.6 Å². The number of hydrogen-bond acceptors (Lipinski definition) is 11. The van der Waals surface area contributed by atoms with Crippen LogP contribution in [0.15, 0.2) is 60.7 Å². The average Bonchev–Trinajstić information content (AvgIpc) is 3.36. The molecule has 2 aromatic carbocycles. The Bertz CT molecular complexity index is 2290. The third-order valence-corrected chi connectivity index (χ3v) is 15.4. The van der Waals surface area contributed by atoms with Gasteiger partial charge in [-0.15, -0.1) is 24.8 Å². The number of carbonyl (C=O) groups excluding carboxylic acids is 1. The van der Waals surface area contributed by atoms with Gasteiger partial charge in [0.25, 0.3) is 0 Å². The molecule has 4 aromatic rings. The number of anilines is 2. The molecule has 394 valence electrons. The van der Waals surface area contributed by atoms with Gasteiger partial charge in [0.2, 0.25) is 0 Å². The summed E-state index contributed by atoms with van der Waals surface area (Å²) in [7, 11) is 3.47. The number of aromatic nitrogens is 2. The van der Waals surface area contributed by atoms with Gasteiger partial charge in [0.15, 0.2) is 0 Å². The van der Waals surface area contributed by atoms with Gasteiger partial charge < -0.3 is 39.6 Å². The Morgan fingerprint density at radius 2 is 0.972 bits per heavy atom. The van der Waals surface area contributed by atoms with Crippen LogP contribution in [0.5, 0.6) is 11.5 Å². The number of aldehydes is 1. The average molecular weight is 1020 g/mol. The van der Waals surface area contributed by atoms with Crippen LogP contribution < -0.4 is 24.6 Å². The van der Waals surface area contributed by atoms with Crippen molar-refractivity contribution in [3.8, 4) is 34.0 Å². The second-order valence-corrected chi connectivity index (χ2v) is 22.2. The Kier molecular flexibility index (Phi) is 22.5. The molecule has 0 unspecified atom stereocenters. The number of nitrogens with one attached hydrogen (secondary N) is 1. The molecular weight excluding hydrogens is 932 g/mol. The summed E-state index contributed by atoms with van der Waals surface area (Å²) in [5.41, 5.74) is 10.8. The van der Waals surface area contributed by atoms with Crippen molar-refractivity contribution < 1.29 is 24.5 Å². The van der Waals surface area contributed by atoms with E-state index in [1.165, 1.54) is 47.9 Å². The first-order valence-corrected chi connectivity index (χ1v) is 26.0. The Morgan fingerprint density at radius 3 is 1.39 bits per heavy atom. The third kappa shape index (κ3) is 15.1. The van der Waals surface area contributed by atoms with E-state index < -0.39 is 0 Å². The van der Waals surface area contributed by atoms with Crippen LogP contribution >= 0.6 is 24.8 Å². The number of halogens is 2. The van der Waals surface area contributed by atoms with E-state index in [1.807, 2.05) is 0 Å². The van der Waals surface area contributed by atoms with E-state index >= 15 is 0 Å². The molecule has 0 amide bonds. The van der Waals surface area contributed by atoms with Gasteiger partial charge in [-0.05, 0) is 145 Å². The normalized spacial score (nSPS) is 18.4. The van der Waals surface area contributed by atoms with Crippen LogP contribution in [0.1, 0.15) is 142 Å². The second-order valence-electron chi connectivity index (χ2n) is 22.2. The highest BCUT2D eigenvalue weighted by atomic mass is 35.5. The Labute approximate surface area is 439 Å². The van der Waals surface area contributed by atoms with Crippen molar-refractivity contribution in [2.45, 2.75) is 141 Å². The van der Waals surface area contributed by atoms with Crippen molar-refractivity contribution in [1.82, 2.24) is 20.2 Å². The Balaban J connectivity index is 0.000000269. The minimum Gasteiger partial charge on any atom is -0.494 e. The second kappa shape index (κ2) is 26.8. The number of fused-ring (bicyclic) bond motifs is 2. The van der Waals surface area contributed by atoms with Gasteiger partial charge >= 0.3 is 0 Å². The smallest absolute Gasteiger partial charge is 0.145 e. The van der Waals surface area contributed by atoms with Gasteiger partial charge in [-0.25, -0.2) is 9.97 Å². The number of rotatable bonds is 15. The van der Waals surface area contributed by atoms with E-state index in [9.17, 15) is 4.79 Å². The van der Waals surface area contributed by atoms with Crippen molar-refractivity contribution in [1.29, 1.82) is 0 Å². The largest absolute Gasteiger partial charge is 0.494 e. The number of nitrogens with zero attached hydrogens (tertiary/aromatic N) is 5. The van der Waals surface area contributed by atoms with E-state index in [-0.39, 0.29) is 53.1 Å². The highest BCUT2D eigenvalue weighted by molar-refractivity contribution is 5.85. The number of methoxy groups -OCH3 is 2. The van der Waals surface area contributed by atoms with Gasteiger partial charge in [-0.1, -0.05) is 79.7 Å². The molecule has 8 rings (SSSR count). The first-order chi connectivity index (χ1) is 33.0. The molecular formula is C58H88Cl2N6O5. The molecule has 0 saturated carbocycles. The molecule has 71 heavy (non-hydrogen) atoms. The number of carbonyl (C=O) groups is 1. The zero-order valence-corrected chi connectivity index (χ0v) is 46.5. The van der Waals surface area contributed by atoms with Crippen molar-refractivity contribution in [3.05, 3.63) is 82.9 Å². The molecule has 0 spiro atoms. The number of ether oxygens (including phenoxy) is 2. The summed E-state index contributed by atoms with van der Waals surface area (Å²) in [5, 5.41) is 20.6.